The van der Waals surface area contributed by atoms with E-state index in [-0.39, 0.29) is 10.6 Å². The first-order valence-electron chi connectivity index (χ1n) is 8.15. The van der Waals surface area contributed by atoms with Crippen LogP contribution in [0.25, 0.3) is 16.6 Å². The van der Waals surface area contributed by atoms with Crippen LogP contribution in [0.4, 0.5) is 5.69 Å². The van der Waals surface area contributed by atoms with Gasteiger partial charge in [0.2, 0.25) is 0 Å². The predicted molar refractivity (Wildman–Crippen MR) is 103 cm³/mol. The van der Waals surface area contributed by atoms with Crippen molar-refractivity contribution in [3.8, 4) is 0 Å². The third-order valence-electron chi connectivity index (χ3n) is 4.41. The second-order valence-electron chi connectivity index (χ2n) is 6.19. The molecule has 0 unspecified atom stereocenters. The van der Waals surface area contributed by atoms with Crippen LogP contribution >= 0.6 is 11.8 Å². The van der Waals surface area contributed by atoms with E-state index in [4.69, 9.17) is 0 Å². The lowest BCUT2D eigenvalue weighted by atomic mass is 10.1. The molecule has 7 heteroatoms. The highest BCUT2D eigenvalue weighted by Gasteiger charge is 2.13. The quantitative estimate of drug-likeness (QED) is 0.298. The Balaban J connectivity index is 1.72. The van der Waals surface area contributed by atoms with Gasteiger partial charge in [-0.05, 0) is 36.6 Å². The molecule has 0 amide bonds. The zero-order chi connectivity index (χ0) is 18.3. The van der Waals surface area contributed by atoms with Gasteiger partial charge in [-0.2, -0.15) is 0 Å². The first-order chi connectivity index (χ1) is 12.5. The molecule has 2 aromatic carbocycles. The molecule has 2 heterocycles. The van der Waals surface area contributed by atoms with Crippen molar-refractivity contribution in [2.45, 2.75) is 24.8 Å². The summed E-state index contributed by atoms with van der Waals surface area (Å²) in [5.41, 5.74) is 5.41. The first-order valence-corrected chi connectivity index (χ1v) is 9.13. The number of rotatable bonds is 4. The molecule has 0 aliphatic rings. The largest absolute Gasteiger partial charge is 0.270 e. The Morgan fingerprint density at radius 3 is 2.58 bits per heavy atom. The maximum absolute atomic E-state index is 10.8. The van der Waals surface area contributed by atoms with Crippen LogP contribution in [0.5, 0.6) is 0 Å². The molecule has 0 saturated heterocycles. The fraction of sp³-hybridized carbons (Fsp3) is 0.158. The number of nitro benzene ring substituents is 1. The van der Waals surface area contributed by atoms with E-state index in [1.54, 1.807) is 23.9 Å². The Morgan fingerprint density at radius 1 is 1.08 bits per heavy atom. The van der Waals surface area contributed by atoms with Crippen molar-refractivity contribution in [2.24, 2.45) is 0 Å². The van der Waals surface area contributed by atoms with Crippen molar-refractivity contribution in [2.75, 3.05) is 0 Å². The average molecular weight is 364 g/mol. The molecule has 6 nitrogen and oxygen atoms in total. The molecule has 4 aromatic rings. The minimum atomic E-state index is -0.389. The fourth-order valence-corrected chi connectivity index (χ4v) is 3.99. The molecule has 0 saturated carbocycles. The molecule has 0 atom stereocenters. The van der Waals surface area contributed by atoms with Crippen LogP contribution in [-0.4, -0.2) is 19.5 Å². The van der Waals surface area contributed by atoms with Crippen molar-refractivity contribution in [1.29, 1.82) is 0 Å². The number of pyridine rings is 1. The lowest BCUT2D eigenvalue weighted by molar-refractivity contribution is -0.384. The van der Waals surface area contributed by atoms with E-state index in [0.717, 1.165) is 21.9 Å². The molecule has 0 radical (unpaired) electrons. The zero-order valence-electron chi connectivity index (χ0n) is 14.3. The van der Waals surface area contributed by atoms with Gasteiger partial charge in [0.25, 0.3) is 5.69 Å². The number of fused-ring (bicyclic) bond motifs is 3. The first kappa shape index (κ1) is 16.5. The minimum absolute atomic E-state index is 0.101. The smallest absolute Gasteiger partial charge is 0.269 e. The molecular weight excluding hydrogens is 348 g/mol. The third-order valence-corrected chi connectivity index (χ3v) is 5.41. The number of para-hydroxylation sites is 1. The van der Waals surface area contributed by atoms with Crippen LogP contribution < -0.4 is 0 Å². The second kappa shape index (κ2) is 6.42. The summed E-state index contributed by atoms with van der Waals surface area (Å²) in [7, 11) is 0. The van der Waals surface area contributed by atoms with E-state index in [9.17, 15) is 10.1 Å². The SMILES string of the molecule is Cc1cc2nnc(SCc3ccc([N+](=O)[O-])cc3)n2c2c(C)cccc12. The van der Waals surface area contributed by atoms with Crippen molar-refractivity contribution < 1.29 is 4.92 Å². The minimum Gasteiger partial charge on any atom is -0.270 e. The van der Waals surface area contributed by atoms with Gasteiger partial charge in [0.05, 0.1) is 10.4 Å². The molecule has 4 rings (SSSR count). The van der Waals surface area contributed by atoms with Crippen molar-refractivity contribution >= 4 is 34.0 Å². The summed E-state index contributed by atoms with van der Waals surface area (Å²) < 4.78 is 2.09. The molecule has 0 fully saturated rings. The van der Waals surface area contributed by atoms with E-state index in [0.29, 0.717) is 5.75 Å². The lowest BCUT2D eigenvalue weighted by Gasteiger charge is -2.10. The highest BCUT2D eigenvalue weighted by molar-refractivity contribution is 7.98. The van der Waals surface area contributed by atoms with Crippen LogP contribution in [0.15, 0.2) is 53.7 Å². The third kappa shape index (κ3) is 2.80. The van der Waals surface area contributed by atoms with Gasteiger partial charge < -0.3 is 0 Å². The predicted octanol–water partition coefficient (Wildman–Crippen LogP) is 4.70. The van der Waals surface area contributed by atoms with E-state index in [1.165, 1.54) is 28.6 Å². The molecular formula is C19H16N4O2S. The summed E-state index contributed by atoms with van der Waals surface area (Å²) in [4.78, 5) is 10.4. The Kier molecular flexibility index (Phi) is 4.08. The Bertz CT molecular complexity index is 1140. The van der Waals surface area contributed by atoms with Crippen LogP contribution in [-0.2, 0) is 5.75 Å². The normalized spacial score (nSPS) is 11.3. The van der Waals surface area contributed by atoms with Gasteiger partial charge in [-0.25, -0.2) is 0 Å². The van der Waals surface area contributed by atoms with E-state index < -0.39 is 0 Å². The molecule has 0 N–H and O–H groups in total. The van der Waals surface area contributed by atoms with E-state index in [2.05, 4.69) is 46.6 Å². The summed E-state index contributed by atoms with van der Waals surface area (Å²) in [6, 6.07) is 14.9. The molecule has 130 valence electrons. The fourth-order valence-electron chi connectivity index (χ4n) is 3.09. The summed E-state index contributed by atoms with van der Waals surface area (Å²) >= 11 is 1.57. The number of non-ortho nitro benzene ring substituents is 1. The molecule has 0 bridgehead atoms. The van der Waals surface area contributed by atoms with Gasteiger partial charge in [-0.1, -0.05) is 42.1 Å². The number of hydrogen-bond donors (Lipinski definition) is 0. The van der Waals surface area contributed by atoms with Crippen LogP contribution in [0.2, 0.25) is 0 Å². The average Bonchev–Trinajstić information content (AvgIpc) is 3.03. The van der Waals surface area contributed by atoms with E-state index >= 15 is 0 Å². The molecule has 0 spiro atoms. The number of nitro groups is 1. The van der Waals surface area contributed by atoms with Gasteiger partial charge in [-0.15, -0.1) is 10.2 Å². The summed E-state index contributed by atoms with van der Waals surface area (Å²) in [5.74, 6) is 0.667. The Morgan fingerprint density at radius 2 is 1.85 bits per heavy atom. The molecule has 0 aliphatic heterocycles. The summed E-state index contributed by atoms with van der Waals surface area (Å²) in [5, 5.41) is 21.5. The Labute approximate surface area is 154 Å². The summed E-state index contributed by atoms with van der Waals surface area (Å²) in [6.45, 7) is 4.17. The summed E-state index contributed by atoms with van der Waals surface area (Å²) in [6.07, 6.45) is 0. The molecule has 2 aromatic heterocycles. The van der Waals surface area contributed by atoms with Gasteiger partial charge in [0.1, 0.15) is 0 Å². The second-order valence-corrected chi connectivity index (χ2v) is 7.13. The standard InChI is InChI=1S/C19H16N4O2S/c1-12-4-3-5-16-13(2)10-17-20-21-19(22(17)18(12)16)26-11-14-6-8-15(9-7-14)23(24)25/h3-10H,11H2,1-2H3. The van der Waals surface area contributed by atoms with Gasteiger partial charge in [0.15, 0.2) is 10.8 Å². The highest BCUT2D eigenvalue weighted by Crippen LogP contribution is 2.29. The molecule has 0 aliphatic carbocycles. The zero-order valence-corrected chi connectivity index (χ0v) is 15.2. The van der Waals surface area contributed by atoms with Gasteiger partial charge in [0, 0.05) is 23.3 Å². The van der Waals surface area contributed by atoms with Crippen LogP contribution in [0.3, 0.4) is 0 Å². The number of benzene rings is 2. The monoisotopic (exact) mass is 364 g/mol. The maximum atomic E-state index is 10.8. The number of hydrogen-bond acceptors (Lipinski definition) is 5. The number of thioether (sulfide) groups is 1. The maximum Gasteiger partial charge on any atom is 0.269 e. The van der Waals surface area contributed by atoms with Crippen molar-refractivity contribution in [3.63, 3.8) is 0 Å². The Hall–Kier alpha value is -2.93. The van der Waals surface area contributed by atoms with Gasteiger partial charge >= 0.3 is 0 Å². The van der Waals surface area contributed by atoms with Crippen molar-refractivity contribution in [1.82, 2.24) is 14.6 Å². The highest BCUT2D eigenvalue weighted by atomic mass is 32.2. The van der Waals surface area contributed by atoms with E-state index in [1.807, 2.05) is 6.07 Å². The van der Waals surface area contributed by atoms with Crippen LogP contribution in [0.1, 0.15) is 16.7 Å². The number of aryl methyl sites for hydroxylation is 2. The lowest BCUT2D eigenvalue weighted by Crippen LogP contribution is -1.96. The number of nitrogens with zero attached hydrogens (tertiary/aromatic N) is 4. The van der Waals surface area contributed by atoms with Crippen LogP contribution in [0, 0.1) is 24.0 Å². The van der Waals surface area contributed by atoms with Gasteiger partial charge in [-0.3, -0.25) is 14.5 Å². The topological polar surface area (TPSA) is 73.3 Å². The van der Waals surface area contributed by atoms with Crippen molar-refractivity contribution in [3.05, 3.63) is 75.3 Å². The number of aromatic nitrogens is 3. The molecule has 26 heavy (non-hydrogen) atoms.